The molecule has 0 amide bonds. The highest BCUT2D eigenvalue weighted by molar-refractivity contribution is 7.09. The molecule has 0 spiro atoms. The van der Waals surface area contributed by atoms with Gasteiger partial charge in [0.25, 0.3) is 0 Å². The van der Waals surface area contributed by atoms with Crippen LogP contribution in [0.3, 0.4) is 0 Å². The van der Waals surface area contributed by atoms with Crippen molar-refractivity contribution in [2.45, 2.75) is 25.9 Å². The molecule has 2 N–H and O–H groups in total. The smallest absolute Gasteiger partial charge is 0.109 e. The zero-order valence-electron chi connectivity index (χ0n) is 10.4. The van der Waals surface area contributed by atoms with Gasteiger partial charge in [0.2, 0.25) is 0 Å². The van der Waals surface area contributed by atoms with Gasteiger partial charge in [-0.05, 0) is 30.5 Å². The van der Waals surface area contributed by atoms with E-state index in [0.717, 1.165) is 24.5 Å². The van der Waals surface area contributed by atoms with E-state index in [-0.39, 0.29) is 0 Å². The number of nitrogens with one attached hydrogen (secondary N) is 2. The van der Waals surface area contributed by atoms with Crippen LogP contribution in [0.4, 0.5) is 5.69 Å². The van der Waals surface area contributed by atoms with Gasteiger partial charge in [0, 0.05) is 30.4 Å². The minimum Gasteiger partial charge on any atom is -0.384 e. The Hall–Kier alpha value is -1.39. The summed E-state index contributed by atoms with van der Waals surface area (Å²) in [5.74, 6) is 0. The first kappa shape index (κ1) is 11.7. The second-order valence-electron chi connectivity index (χ2n) is 4.64. The summed E-state index contributed by atoms with van der Waals surface area (Å²) < 4.78 is 0. The number of benzene rings is 1. The Morgan fingerprint density at radius 3 is 3.28 bits per heavy atom. The summed E-state index contributed by atoms with van der Waals surface area (Å²) in [5, 5.41) is 10.1. The van der Waals surface area contributed by atoms with Crippen LogP contribution in [0.5, 0.6) is 0 Å². The van der Waals surface area contributed by atoms with Crippen molar-refractivity contribution in [2.75, 3.05) is 11.9 Å². The van der Waals surface area contributed by atoms with Crippen LogP contribution < -0.4 is 10.6 Å². The van der Waals surface area contributed by atoms with Crippen LogP contribution in [0.2, 0.25) is 0 Å². The third-order valence-corrected chi connectivity index (χ3v) is 4.27. The van der Waals surface area contributed by atoms with E-state index in [1.54, 1.807) is 11.3 Å². The topological polar surface area (TPSA) is 37.0 Å². The number of nitrogens with zero attached hydrogens (tertiary/aromatic N) is 1. The lowest BCUT2D eigenvalue weighted by Gasteiger charge is -2.11. The van der Waals surface area contributed by atoms with Crippen molar-refractivity contribution in [1.82, 2.24) is 10.3 Å². The average Bonchev–Trinajstić information content (AvgIpc) is 3.05. The highest BCUT2D eigenvalue weighted by Gasteiger charge is 2.11. The average molecular weight is 259 g/mol. The number of hydrogen-bond acceptors (Lipinski definition) is 4. The molecule has 0 aliphatic carbocycles. The van der Waals surface area contributed by atoms with E-state index < -0.39 is 0 Å². The van der Waals surface area contributed by atoms with Crippen LogP contribution in [-0.2, 0) is 13.0 Å². The van der Waals surface area contributed by atoms with Gasteiger partial charge in [0.05, 0.1) is 6.04 Å². The van der Waals surface area contributed by atoms with Gasteiger partial charge in [0.1, 0.15) is 5.01 Å². The Balaban J connectivity index is 1.63. The summed E-state index contributed by atoms with van der Waals surface area (Å²) in [6.07, 6.45) is 3.00. The van der Waals surface area contributed by atoms with Crippen molar-refractivity contribution < 1.29 is 0 Å². The van der Waals surface area contributed by atoms with Crippen LogP contribution in [-0.4, -0.2) is 11.5 Å². The SMILES string of the molecule is CC(NCc1ccc2c(c1)CCN2)c1nccs1. The summed E-state index contributed by atoms with van der Waals surface area (Å²) in [4.78, 5) is 4.33. The zero-order valence-corrected chi connectivity index (χ0v) is 11.3. The number of aromatic nitrogens is 1. The molecule has 1 aromatic heterocycles. The molecule has 1 unspecified atom stereocenters. The predicted molar refractivity (Wildman–Crippen MR) is 76.0 cm³/mol. The van der Waals surface area contributed by atoms with Crippen LogP contribution in [0.1, 0.15) is 29.1 Å². The van der Waals surface area contributed by atoms with E-state index in [2.05, 4.69) is 40.7 Å². The summed E-state index contributed by atoms with van der Waals surface area (Å²) in [6.45, 7) is 4.13. The molecule has 0 radical (unpaired) electrons. The molecular weight excluding hydrogens is 242 g/mol. The Morgan fingerprint density at radius 1 is 1.50 bits per heavy atom. The number of anilines is 1. The molecule has 18 heavy (non-hydrogen) atoms. The van der Waals surface area contributed by atoms with E-state index in [0.29, 0.717) is 6.04 Å². The van der Waals surface area contributed by atoms with Crippen molar-refractivity contribution >= 4 is 17.0 Å². The van der Waals surface area contributed by atoms with Crippen molar-refractivity contribution in [2.24, 2.45) is 0 Å². The van der Waals surface area contributed by atoms with Gasteiger partial charge in [-0.25, -0.2) is 4.98 Å². The minimum atomic E-state index is 0.316. The van der Waals surface area contributed by atoms with Crippen molar-refractivity contribution in [1.29, 1.82) is 0 Å². The summed E-state index contributed by atoms with van der Waals surface area (Å²) in [7, 11) is 0. The minimum absolute atomic E-state index is 0.316. The second-order valence-corrected chi connectivity index (χ2v) is 5.57. The summed E-state index contributed by atoms with van der Waals surface area (Å²) >= 11 is 1.70. The van der Waals surface area contributed by atoms with Crippen LogP contribution in [0, 0.1) is 0 Å². The number of hydrogen-bond donors (Lipinski definition) is 2. The summed E-state index contributed by atoms with van der Waals surface area (Å²) in [5.41, 5.74) is 4.09. The fraction of sp³-hybridized carbons (Fsp3) is 0.357. The largest absolute Gasteiger partial charge is 0.384 e. The normalized spacial score (nSPS) is 15.2. The lowest BCUT2D eigenvalue weighted by Crippen LogP contribution is -2.17. The Bertz CT molecular complexity index is 522. The van der Waals surface area contributed by atoms with Gasteiger partial charge in [-0.15, -0.1) is 11.3 Å². The van der Waals surface area contributed by atoms with Crippen LogP contribution in [0.25, 0.3) is 0 Å². The van der Waals surface area contributed by atoms with Crippen LogP contribution >= 0.6 is 11.3 Å². The molecule has 2 heterocycles. The molecule has 0 fully saturated rings. The van der Waals surface area contributed by atoms with E-state index in [9.17, 15) is 0 Å². The fourth-order valence-corrected chi connectivity index (χ4v) is 2.95. The van der Waals surface area contributed by atoms with E-state index in [4.69, 9.17) is 0 Å². The molecule has 1 aliphatic heterocycles. The fourth-order valence-electron chi connectivity index (χ4n) is 2.27. The number of thiazole rings is 1. The lowest BCUT2D eigenvalue weighted by molar-refractivity contribution is 0.571. The van der Waals surface area contributed by atoms with Gasteiger partial charge in [-0.1, -0.05) is 12.1 Å². The molecule has 94 valence electrons. The van der Waals surface area contributed by atoms with Gasteiger partial charge in [-0.3, -0.25) is 0 Å². The molecule has 0 bridgehead atoms. The first-order valence-corrected chi connectivity index (χ1v) is 7.19. The van der Waals surface area contributed by atoms with Crippen molar-refractivity contribution in [3.8, 4) is 0 Å². The van der Waals surface area contributed by atoms with E-state index in [1.807, 2.05) is 11.6 Å². The lowest BCUT2D eigenvalue weighted by atomic mass is 10.1. The maximum atomic E-state index is 4.33. The van der Waals surface area contributed by atoms with Crippen molar-refractivity contribution in [3.63, 3.8) is 0 Å². The number of rotatable bonds is 4. The highest BCUT2D eigenvalue weighted by atomic mass is 32.1. The first-order valence-electron chi connectivity index (χ1n) is 6.31. The highest BCUT2D eigenvalue weighted by Crippen LogP contribution is 2.23. The first-order chi connectivity index (χ1) is 8.83. The maximum Gasteiger partial charge on any atom is 0.109 e. The standard InChI is InChI=1S/C14H17N3S/c1-10(14-16-6-7-18-14)17-9-11-2-3-13-12(8-11)4-5-15-13/h2-3,6-8,10,15,17H,4-5,9H2,1H3. The molecular formula is C14H17N3S. The molecule has 1 aromatic carbocycles. The molecule has 3 rings (SSSR count). The molecule has 2 aromatic rings. The van der Waals surface area contributed by atoms with E-state index in [1.165, 1.54) is 16.8 Å². The van der Waals surface area contributed by atoms with Crippen molar-refractivity contribution in [3.05, 3.63) is 45.9 Å². The third kappa shape index (κ3) is 2.40. The van der Waals surface area contributed by atoms with Gasteiger partial charge >= 0.3 is 0 Å². The maximum absolute atomic E-state index is 4.33. The monoisotopic (exact) mass is 259 g/mol. The van der Waals surface area contributed by atoms with Gasteiger partial charge < -0.3 is 10.6 Å². The van der Waals surface area contributed by atoms with Gasteiger partial charge in [0.15, 0.2) is 0 Å². The second kappa shape index (κ2) is 5.08. The zero-order chi connectivity index (χ0) is 12.4. The molecule has 1 aliphatic rings. The molecule has 0 saturated carbocycles. The predicted octanol–water partition coefficient (Wildman–Crippen LogP) is 2.96. The Morgan fingerprint density at radius 2 is 2.44 bits per heavy atom. The van der Waals surface area contributed by atoms with E-state index >= 15 is 0 Å². The van der Waals surface area contributed by atoms with Gasteiger partial charge in [-0.2, -0.15) is 0 Å². The molecule has 0 saturated heterocycles. The quantitative estimate of drug-likeness (QED) is 0.886. The number of fused-ring (bicyclic) bond motifs is 1. The molecule has 3 nitrogen and oxygen atoms in total. The van der Waals surface area contributed by atoms with Crippen LogP contribution in [0.15, 0.2) is 29.8 Å². The summed E-state index contributed by atoms with van der Waals surface area (Å²) in [6, 6.07) is 7.00. The third-order valence-electron chi connectivity index (χ3n) is 3.31. The molecule has 4 heteroatoms. The molecule has 1 atom stereocenters. The Labute approximate surface area is 111 Å². The Kier molecular flexibility index (Phi) is 3.30.